The van der Waals surface area contributed by atoms with E-state index in [9.17, 15) is 9.90 Å². The van der Waals surface area contributed by atoms with Crippen molar-refractivity contribution in [3.8, 4) is 17.2 Å². The predicted octanol–water partition coefficient (Wildman–Crippen LogP) is 3.55. The molecule has 2 aromatic carbocycles. The van der Waals surface area contributed by atoms with E-state index in [0.29, 0.717) is 30.2 Å². The lowest BCUT2D eigenvalue weighted by Gasteiger charge is -2.38. The van der Waals surface area contributed by atoms with Crippen LogP contribution in [0.15, 0.2) is 42.5 Å². The van der Waals surface area contributed by atoms with Crippen LogP contribution in [0.1, 0.15) is 36.2 Å². The van der Waals surface area contributed by atoms with Crippen molar-refractivity contribution in [3.63, 3.8) is 0 Å². The minimum Gasteiger partial charge on any atom is -0.504 e. The second kappa shape index (κ2) is 11.2. The molecule has 1 aliphatic heterocycles. The summed E-state index contributed by atoms with van der Waals surface area (Å²) < 4.78 is 16.7. The van der Waals surface area contributed by atoms with Crippen LogP contribution < -0.4 is 9.47 Å². The summed E-state index contributed by atoms with van der Waals surface area (Å²) in [5, 5.41) is 9.84. The average molecular weight is 443 g/mol. The molecule has 7 heteroatoms. The quantitative estimate of drug-likeness (QED) is 0.640. The van der Waals surface area contributed by atoms with Crippen molar-refractivity contribution in [2.45, 2.75) is 39.0 Å². The SMILES string of the molecule is CCC(C)N(CC1CN(Cc2ccc(O)c(OC)c2)CCO1)C(=O)c1ccccc1OC. The van der Waals surface area contributed by atoms with E-state index in [4.69, 9.17) is 14.2 Å². The van der Waals surface area contributed by atoms with Crippen molar-refractivity contribution in [3.05, 3.63) is 53.6 Å². The normalized spacial score (nSPS) is 17.6. The number of phenolic OH excluding ortho intramolecular Hbond substituents is 1. The molecule has 32 heavy (non-hydrogen) atoms. The molecule has 0 radical (unpaired) electrons. The molecule has 1 amide bonds. The molecule has 0 aromatic heterocycles. The molecule has 0 spiro atoms. The number of aromatic hydroxyl groups is 1. The summed E-state index contributed by atoms with van der Waals surface area (Å²) in [5.41, 5.74) is 1.63. The average Bonchev–Trinajstić information content (AvgIpc) is 2.83. The van der Waals surface area contributed by atoms with Gasteiger partial charge in [0.1, 0.15) is 5.75 Å². The molecule has 1 heterocycles. The van der Waals surface area contributed by atoms with Crippen LogP contribution in [0.3, 0.4) is 0 Å². The lowest BCUT2D eigenvalue weighted by molar-refractivity contribution is -0.0465. The molecule has 2 atom stereocenters. The first-order chi connectivity index (χ1) is 15.5. The number of para-hydroxylation sites is 1. The van der Waals surface area contributed by atoms with Gasteiger partial charge in [0.25, 0.3) is 5.91 Å². The van der Waals surface area contributed by atoms with Gasteiger partial charge in [0.05, 0.1) is 32.5 Å². The zero-order chi connectivity index (χ0) is 23.1. The number of benzene rings is 2. The van der Waals surface area contributed by atoms with Crippen molar-refractivity contribution >= 4 is 5.91 Å². The smallest absolute Gasteiger partial charge is 0.257 e. The number of ether oxygens (including phenoxy) is 3. The summed E-state index contributed by atoms with van der Waals surface area (Å²) in [7, 11) is 3.13. The topological polar surface area (TPSA) is 71.5 Å². The van der Waals surface area contributed by atoms with Crippen LogP contribution in [-0.2, 0) is 11.3 Å². The summed E-state index contributed by atoms with van der Waals surface area (Å²) in [4.78, 5) is 17.6. The molecule has 1 aliphatic rings. The maximum atomic E-state index is 13.4. The Labute approximate surface area is 190 Å². The number of rotatable bonds is 9. The monoisotopic (exact) mass is 442 g/mol. The lowest BCUT2D eigenvalue weighted by Crippen LogP contribution is -2.50. The summed E-state index contributed by atoms with van der Waals surface area (Å²) in [6.45, 7) is 7.52. The van der Waals surface area contributed by atoms with Gasteiger partial charge >= 0.3 is 0 Å². The molecule has 2 aromatic rings. The summed E-state index contributed by atoms with van der Waals surface area (Å²) in [5.74, 6) is 1.15. The molecule has 1 fully saturated rings. The van der Waals surface area contributed by atoms with Gasteiger partial charge in [-0.05, 0) is 43.2 Å². The Morgan fingerprint density at radius 2 is 1.97 bits per heavy atom. The van der Waals surface area contributed by atoms with Crippen LogP contribution in [0.2, 0.25) is 0 Å². The van der Waals surface area contributed by atoms with E-state index in [1.165, 1.54) is 0 Å². The minimum atomic E-state index is -0.0876. The Morgan fingerprint density at radius 1 is 1.22 bits per heavy atom. The fraction of sp³-hybridized carbons (Fsp3) is 0.480. The van der Waals surface area contributed by atoms with Crippen molar-refractivity contribution in [1.29, 1.82) is 0 Å². The van der Waals surface area contributed by atoms with E-state index < -0.39 is 0 Å². The molecular weight excluding hydrogens is 408 g/mol. The third kappa shape index (κ3) is 5.72. The van der Waals surface area contributed by atoms with Gasteiger partial charge in [0, 0.05) is 32.2 Å². The van der Waals surface area contributed by atoms with Crippen LogP contribution in [0.5, 0.6) is 17.2 Å². The lowest BCUT2D eigenvalue weighted by atomic mass is 10.1. The Kier molecular flexibility index (Phi) is 8.36. The molecule has 0 aliphatic carbocycles. The first-order valence-corrected chi connectivity index (χ1v) is 11.1. The molecule has 174 valence electrons. The van der Waals surface area contributed by atoms with Gasteiger partial charge in [0.15, 0.2) is 11.5 Å². The van der Waals surface area contributed by atoms with Crippen molar-refractivity contribution in [2.75, 3.05) is 40.5 Å². The molecule has 7 nitrogen and oxygen atoms in total. The highest BCUT2D eigenvalue weighted by Crippen LogP contribution is 2.27. The molecule has 0 saturated carbocycles. The fourth-order valence-electron chi connectivity index (χ4n) is 3.99. The number of methoxy groups -OCH3 is 2. The summed E-state index contributed by atoms with van der Waals surface area (Å²) in [6, 6.07) is 12.8. The van der Waals surface area contributed by atoms with Crippen molar-refractivity contribution < 1.29 is 24.1 Å². The van der Waals surface area contributed by atoms with E-state index in [-0.39, 0.29) is 23.8 Å². The fourth-order valence-corrected chi connectivity index (χ4v) is 3.99. The van der Waals surface area contributed by atoms with Gasteiger partial charge in [0.2, 0.25) is 0 Å². The molecule has 3 rings (SSSR count). The van der Waals surface area contributed by atoms with Gasteiger partial charge in [-0.25, -0.2) is 0 Å². The van der Waals surface area contributed by atoms with Crippen LogP contribution >= 0.6 is 0 Å². The van der Waals surface area contributed by atoms with E-state index in [1.807, 2.05) is 41.3 Å². The van der Waals surface area contributed by atoms with Gasteiger partial charge in [-0.2, -0.15) is 0 Å². The molecular formula is C25H34N2O5. The maximum Gasteiger partial charge on any atom is 0.257 e. The Hall–Kier alpha value is -2.77. The number of phenols is 1. The number of carbonyl (C=O) groups is 1. The first-order valence-electron chi connectivity index (χ1n) is 11.1. The zero-order valence-electron chi connectivity index (χ0n) is 19.4. The van der Waals surface area contributed by atoms with E-state index in [0.717, 1.165) is 31.6 Å². The van der Waals surface area contributed by atoms with Crippen LogP contribution in [0, 0.1) is 0 Å². The third-order valence-corrected chi connectivity index (χ3v) is 5.99. The molecule has 1 saturated heterocycles. The van der Waals surface area contributed by atoms with Crippen LogP contribution in [0.4, 0.5) is 0 Å². The predicted molar refractivity (Wildman–Crippen MR) is 123 cm³/mol. The Morgan fingerprint density at radius 3 is 2.69 bits per heavy atom. The number of morpholine rings is 1. The number of hydrogen-bond acceptors (Lipinski definition) is 6. The standard InChI is InChI=1S/C25H34N2O5/c1-5-18(2)27(25(29)21-8-6-7-9-23(21)30-3)17-20-16-26(12-13-32-20)15-19-10-11-22(28)24(14-19)31-4/h6-11,14,18,20,28H,5,12-13,15-17H2,1-4H3. The van der Waals surface area contributed by atoms with Crippen molar-refractivity contribution in [1.82, 2.24) is 9.80 Å². The van der Waals surface area contributed by atoms with Crippen molar-refractivity contribution in [2.24, 2.45) is 0 Å². The molecule has 0 bridgehead atoms. The number of amides is 1. The highest BCUT2D eigenvalue weighted by Gasteiger charge is 2.29. The maximum absolute atomic E-state index is 13.4. The number of nitrogens with zero attached hydrogens (tertiary/aromatic N) is 2. The second-order valence-corrected chi connectivity index (χ2v) is 8.15. The molecule has 1 N–H and O–H groups in total. The summed E-state index contributed by atoms with van der Waals surface area (Å²) >= 11 is 0. The minimum absolute atomic E-state index is 0.0409. The number of hydrogen-bond donors (Lipinski definition) is 1. The van der Waals surface area contributed by atoms with Gasteiger partial charge in [-0.15, -0.1) is 0 Å². The molecule has 2 unspecified atom stereocenters. The van der Waals surface area contributed by atoms with Gasteiger partial charge in [-0.3, -0.25) is 9.69 Å². The highest BCUT2D eigenvalue weighted by molar-refractivity contribution is 5.97. The van der Waals surface area contributed by atoms with Crippen LogP contribution in [-0.4, -0.2) is 73.4 Å². The van der Waals surface area contributed by atoms with E-state index >= 15 is 0 Å². The third-order valence-electron chi connectivity index (χ3n) is 5.99. The highest BCUT2D eigenvalue weighted by atomic mass is 16.5. The summed E-state index contributed by atoms with van der Waals surface area (Å²) in [6.07, 6.45) is 0.764. The first kappa shape index (κ1) is 23.9. The largest absolute Gasteiger partial charge is 0.504 e. The Bertz CT molecular complexity index is 904. The van der Waals surface area contributed by atoms with Gasteiger partial charge in [-0.1, -0.05) is 25.1 Å². The Balaban J connectivity index is 1.70. The van der Waals surface area contributed by atoms with E-state index in [1.54, 1.807) is 20.3 Å². The van der Waals surface area contributed by atoms with Gasteiger partial charge < -0.3 is 24.2 Å². The zero-order valence-corrected chi connectivity index (χ0v) is 19.4. The number of carbonyl (C=O) groups excluding carboxylic acids is 1. The van der Waals surface area contributed by atoms with E-state index in [2.05, 4.69) is 18.7 Å². The van der Waals surface area contributed by atoms with Crippen LogP contribution in [0.25, 0.3) is 0 Å². The second-order valence-electron chi connectivity index (χ2n) is 8.15.